The molecule has 2 aromatic rings. The highest BCUT2D eigenvalue weighted by atomic mass is 15.3. The SMILES string of the molecule is Cc1ccc(C)c(NCc2ccn(C)n2)c1. The number of benzene rings is 1. The Balaban J connectivity index is 2.07. The first-order valence-electron chi connectivity index (χ1n) is 5.45. The van der Waals surface area contributed by atoms with Gasteiger partial charge in [-0.3, -0.25) is 4.68 Å². The van der Waals surface area contributed by atoms with Gasteiger partial charge in [-0.2, -0.15) is 5.10 Å². The zero-order valence-electron chi connectivity index (χ0n) is 9.99. The molecule has 3 nitrogen and oxygen atoms in total. The number of rotatable bonds is 3. The molecule has 0 saturated carbocycles. The fourth-order valence-corrected chi connectivity index (χ4v) is 1.67. The van der Waals surface area contributed by atoms with Crippen molar-refractivity contribution in [3.05, 3.63) is 47.3 Å². The predicted molar refractivity (Wildman–Crippen MR) is 66.5 cm³/mol. The average molecular weight is 215 g/mol. The summed E-state index contributed by atoms with van der Waals surface area (Å²) in [4.78, 5) is 0. The van der Waals surface area contributed by atoms with Crippen molar-refractivity contribution in [2.45, 2.75) is 20.4 Å². The second-order valence-corrected chi connectivity index (χ2v) is 4.15. The maximum absolute atomic E-state index is 4.33. The Morgan fingerprint density at radius 1 is 1.25 bits per heavy atom. The zero-order chi connectivity index (χ0) is 11.5. The van der Waals surface area contributed by atoms with Crippen molar-refractivity contribution >= 4 is 5.69 Å². The molecule has 1 aromatic carbocycles. The van der Waals surface area contributed by atoms with Crippen molar-refractivity contribution in [2.24, 2.45) is 7.05 Å². The van der Waals surface area contributed by atoms with E-state index >= 15 is 0 Å². The molecule has 2 rings (SSSR count). The van der Waals surface area contributed by atoms with Crippen molar-refractivity contribution < 1.29 is 0 Å². The summed E-state index contributed by atoms with van der Waals surface area (Å²) in [6.45, 7) is 4.98. The maximum Gasteiger partial charge on any atom is 0.0815 e. The van der Waals surface area contributed by atoms with E-state index in [4.69, 9.17) is 0 Å². The number of nitrogens with zero attached hydrogens (tertiary/aromatic N) is 2. The number of hydrogen-bond acceptors (Lipinski definition) is 2. The Hall–Kier alpha value is -1.77. The lowest BCUT2D eigenvalue weighted by Gasteiger charge is -2.08. The van der Waals surface area contributed by atoms with Crippen LogP contribution < -0.4 is 5.32 Å². The summed E-state index contributed by atoms with van der Waals surface area (Å²) in [5, 5.41) is 7.74. The highest BCUT2D eigenvalue weighted by Crippen LogP contribution is 2.16. The van der Waals surface area contributed by atoms with E-state index in [2.05, 4.69) is 42.5 Å². The average Bonchev–Trinajstić information content (AvgIpc) is 2.66. The third kappa shape index (κ3) is 2.42. The van der Waals surface area contributed by atoms with Crippen molar-refractivity contribution in [2.75, 3.05) is 5.32 Å². The zero-order valence-corrected chi connectivity index (χ0v) is 9.99. The highest BCUT2D eigenvalue weighted by Gasteiger charge is 2.00. The van der Waals surface area contributed by atoms with Crippen LogP contribution in [0.15, 0.2) is 30.5 Å². The first kappa shape index (κ1) is 10.7. The molecular weight excluding hydrogens is 198 g/mol. The minimum Gasteiger partial charge on any atom is -0.379 e. The summed E-state index contributed by atoms with van der Waals surface area (Å²) >= 11 is 0. The standard InChI is InChI=1S/C13H17N3/c1-10-4-5-11(2)13(8-10)14-9-12-6-7-16(3)15-12/h4-8,14H,9H2,1-3H3. The lowest BCUT2D eigenvalue weighted by Crippen LogP contribution is -2.02. The van der Waals surface area contributed by atoms with Gasteiger partial charge in [0, 0.05) is 18.9 Å². The molecule has 16 heavy (non-hydrogen) atoms. The third-order valence-corrected chi connectivity index (χ3v) is 2.62. The summed E-state index contributed by atoms with van der Waals surface area (Å²) in [6, 6.07) is 8.45. The minimum atomic E-state index is 0.769. The number of hydrogen-bond donors (Lipinski definition) is 1. The third-order valence-electron chi connectivity index (χ3n) is 2.62. The number of anilines is 1. The van der Waals surface area contributed by atoms with Crippen molar-refractivity contribution in [3.8, 4) is 0 Å². The summed E-state index contributed by atoms with van der Waals surface area (Å²) in [5.74, 6) is 0. The molecule has 0 aliphatic heterocycles. The fraction of sp³-hybridized carbons (Fsp3) is 0.308. The molecule has 0 spiro atoms. The van der Waals surface area contributed by atoms with Gasteiger partial charge in [0.25, 0.3) is 0 Å². The van der Waals surface area contributed by atoms with E-state index in [0.29, 0.717) is 0 Å². The first-order chi connectivity index (χ1) is 7.65. The Labute approximate surface area is 96.1 Å². The molecule has 1 aromatic heterocycles. The Kier molecular flexibility index (Phi) is 2.95. The Morgan fingerprint density at radius 3 is 2.75 bits per heavy atom. The van der Waals surface area contributed by atoms with Gasteiger partial charge in [-0.1, -0.05) is 12.1 Å². The van der Waals surface area contributed by atoms with Gasteiger partial charge in [0.2, 0.25) is 0 Å². The molecule has 0 aliphatic carbocycles. The predicted octanol–water partition coefficient (Wildman–Crippen LogP) is 2.65. The van der Waals surface area contributed by atoms with Crippen LogP contribution in [0.5, 0.6) is 0 Å². The van der Waals surface area contributed by atoms with Gasteiger partial charge in [-0.25, -0.2) is 0 Å². The molecule has 0 unspecified atom stereocenters. The molecule has 0 radical (unpaired) electrons. The van der Waals surface area contributed by atoms with Gasteiger partial charge in [-0.05, 0) is 37.1 Å². The largest absolute Gasteiger partial charge is 0.379 e. The smallest absolute Gasteiger partial charge is 0.0815 e. The van der Waals surface area contributed by atoms with Gasteiger partial charge in [0.15, 0.2) is 0 Å². The van der Waals surface area contributed by atoms with Crippen LogP contribution in [0.1, 0.15) is 16.8 Å². The van der Waals surface area contributed by atoms with Crippen LogP contribution in [0.2, 0.25) is 0 Å². The highest BCUT2D eigenvalue weighted by molar-refractivity contribution is 5.52. The minimum absolute atomic E-state index is 0.769. The lowest BCUT2D eigenvalue weighted by molar-refractivity contribution is 0.747. The Bertz CT molecular complexity index is 486. The van der Waals surface area contributed by atoms with E-state index in [-0.39, 0.29) is 0 Å². The lowest BCUT2D eigenvalue weighted by atomic mass is 10.1. The maximum atomic E-state index is 4.33. The van der Waals surface area contributed by atoms with Gasteiger partial charge in [0.1, 0.15) is 0 Å². The van der Waals surface area contributed by atoms with Gasteiger partial charge < -0.3 is 5.32 Å². The van der Waals surface area contributed by atoms with Crippen LogP contribution in [0.4, 0.5) is 5.69 Å². The molecule has 0 aliphatic rings. The second-order valence-electron chi connectivity index (χ2n) is 4.15. The first-order valence-corrected chi connectivity index (χ1v) is 5.45. The molecule has 1 heterocycles. The second kappa shape index (κ2) is 4.39. The van der Waals surface area contributed by atoms with E-state index in [1.165, 1.54) is 16.8 Å². The summed E-state index contributed by atoms with van der Waals surface area (Å²) in [6.07, 6.45) is 1.96. The van der Waals surface area contributed by atoms with Crippen LogP contribution in [-0.2, 0) is 13.6 Å². The summed E-state index contributed by atoms with van der Waals surface area (Å²) in [7, 11) is 1.93. The van der Waals surface area contributed by atoms with E-state index in [0.717, 1.165) is 12.2 Å². The number of aromatic nitrogens is 2. The van der Waals surface area contributed by atoms with E-state index in [9.17, 15) is 0 Å². The molecule has 84 valence electrons. The van der Waals surface area contributed by atoms with Gasteiger partial charge >= 0.3 is 0 Å². The van der Waals surface area contributed by atoms with E-state index in [1.54, 1.807) is 0 Å². The van der Waals surface area contributed by atoms with Crippen LogP contribution >= 0.6 is 0 Å². The molecule has 3 heteroatoms. The molecule has 0 atom stereocenters. The monoisotopic (exact) mass is 215 g/mol. The molecule has 0 saturated heterocycles. The van der Waals surface area contributed by atoms with Crippen LogP contribution in [0.3, 0.4) is 0 Å². The van der Waals surface area contributed by atoms with Gasteiger partial charge in [0.05, 0.1) is 12.2 Å². The summed E-state index contributed by atoms with van der Waals surface area (Å²) in [5.41, 5.74) is 4.78. The van der Waals surface area contributed by atoms with E-state index in [1.807, 2.05) is 24.0 Å². The summed E-state index contributed by atoms with van der Waals surface area (Å²) < 4.78 is 1.82. The number of aryl methyl sites for hydroxylation is 3. The molecule has 0 fully saturated rings. The van der Waals surface area contributed by atoms with Crippen LogP contribution in [0, 0.1) is 13.8 Å². The molecule has 1 N–H and O–H groups in total. The molecule has 0 bridgehead atoms. The fourth-order valence-electron chi connectivity index (χ4n) is 1.67. The Morgan fingerprint density at radius 2 is 2.06 bits per heavy atom. The van der Waals surface area contributed by atoms with E-state index < -0.39 is 0 Å². The van der Waals surface area contributed by atoms with Crippen molar-refractivity contribution in [3.63, 3.8) is 0 Å². The molecular formula is C13H17N3. The molecule has 0 amide bonds. The normalized spacial score (nSPS) is 10.4. The van der Waals surface area contributed by atoms with Crippen molar-refractivity contribution in [1.29, 1.82) is 0 Å². The number of nitrogens with one attached hydrogen (secondary N) is 1. The van der Waals surface area contributed by atoms with Crippen LogP contribution in [0.25, 0.3) is 0 Å². The van der Waals surface area contributed by atoms with Crippen molar-refractivity contribution in [1.82, 2.24) is 9.78 Å². The topological polar surface area (TPSA) is 29.9 Å². The van der Waals surface area contributed by atoms with Crippen LogP contribution in [-0.4, -0.2) is 9.78 Å². The van der Waals surface area contributed by atoms with Gasteiger partial charge in [-0.15, -0.1) is 0 Å². The quantitative estimate of drug-likeness (QED) is 0.853.